The number of ketones is 1. The van der Waals surface area contributed by atoms with E-state index in [9.17, 15) is 19.5 Å². The van der Waals surface area contributed by atoms with E-state index in [0.717, 1.165) is 16.7 Å². The van der Waals surface area contributed by atoms with Gasteiger partial charge in [0, 0.05) is 7.11 Å². The lowest BCUT2D eigenvalue weighted by Crippen LogP contribution is -2.61. The van der Waals surface area contributed by atoms with Crippen LogP contribution in [-0.4, -0.2) is 96.6 Å². The Morgan fingerprint density at radius 1 is 0.828 bits per heavy atom. The first-order valence-corrected chi connectivity index (χ1v) is 19.9. The van der Waals surface area contributed by atoms with E-state index in [4.69, 9.17) is 33.2 Å². The van der Waals surface area contributed by atoms with Crippen LogP contribution in [0.2, 0.25) is 0 Å². The number of allylic oxidation sites excluding steroid dienone is 1. The summed E-state index contributed by atoms with van der Waals surface area (Å²) in [4.78, 5) is 42.4. The Kier molecular flexibility index (Phi) is 14.7. The predicted octanol–water partition coefficient (Wildman–Crippen LogP) is 6.35. The minimum Gasteiger partial charge on any atom is -0.482 e. The summed E-state index contributed by atoms with van der Waals surface area (Å²) in [6.07, 6.45) is -0.413. The molecule has 12 nitrogen and oxygen atoms in total. The molecular weight excluding hydrogens is 743 g/mol. The molecule has 1 N–H and O–H groups in total. The van der Waals surface area contributed by atoms with Gasteiger partial charge in [-0.25, -0.2) is 9.69 Å². The third-order valence-electron chi connectivity index (χ3n) is 10.7. The van der Waals surface area contributed by atoms with Crippen LogP contribution in [0.5, 0.6) is 0 Å². The molecule has 12 heteroatoms. The number of benzene rings is 3. The van der Waals surface area contributed by atoms with Gasteiger partial charge < -0.3 is 38.3 Å². The first-order chi connectivity index (χ1) is 28.0. The van der Waals surface area contributed by atoms with Crippen LogP contribution in [0.3, 0.4) is 0 Å². The molecule has 2 fully saturated rings. The Hall–Kier alpha value is -4.69. The fraction of sp³-hybridized carbons (Fsp3) is 0.457. The van der Waals surface area contributed by atoms with E-state index in [0.29, 0.717) is 12.2 Å². The van der Waals surface area contributed by atoms with E-state index in [1.807, 2.05) is 105 Å². The number of carbonyl (C=O) groups is 3. The minimum atomic E-state index is -1.19. The van der Waals surface area contributed by atoms with Crippen molar-refractivity contribution in [2.24, 2.45) is 11.8 Å². The molecule has 3 heterocycles. The van der Waals surface area contributed by atoms with Gasteiger partial charge in [-0.1, -0.05) is 105 Å². The standard InChI is InChI=1S/C46H55NO11/c1-30(2)42-46(3,4)58-45(51)47(42)43(50)35(26-31-16-9-6-10-17-31)38-36(49)24-23-34(56-38)22-15-25-53-41-40(55-29-33-20-13-8-14-21-33)39(37(27-48)57-44(41)52-5)54-28-32-18-11-7-12-19-32/h6-14,16-24,30,35,37-42,44,48H,15,25-29H2,1-5H3/t35-,37-,38-,39-,40+,41+,42-,44+/m1/s1. The summed E-state index contributed by atoms with van der Waals surface area (Å²) < 4.78 is 43.3. The number of amides is 2. The van der Waals surface area contributed by atoms with Crippen LogP contribution >= 0.6 is 0 Å². The molecule has 3 aliphatic heterocycles. The van der Waals surface area contributed by atoms with Crippen molar-refractivity contribution in [3.8, 4) is 0 Å². The van der Waals surface area contributed by atoms with Crippen molar-refractivity contribution in [2.75, 3.05) is 20.3 Å². The number of nitrogens with zero attached hydrogens (tertiary/aromatic N) is 1. The Balaban J connectivity index is 1.19. The normalized spacial score (nSPS) is 26.8. The first kappa shape index (κ1) is 42.9. The molecule has 8 atom stereocenters. The number of methoxy groups -OCH3 is 1. The first-order valence-electron chi connectivity index (χ1n) is 19.9. The van der Waals surface area contributed by atoms with Gasteiger partial charge in [-0.2, -0.15) is 0 Å². The zero-order chi connectivity index (χ0) is 41.2. The lowest BCUT2D eigenvalue weighted by Gasteiger charge is -2.45. The smallest absolute Gasteiger partial charge is 0.417 e. The molecule has 3 aromatic carbocycles. The van der Waals surface area contributed by atoms with E-state index in [2.05, 4.69) is 0 Å². The number of aliphatic hydroxyl groups is 1. The predicted molar refractivity (Wildman–Crippen MR) is 214 cm³/mol. The third kappa shape index (κ3) is 10.3. The second-order valence-electron chi connectivity index (χ2n) is 15.7. The molecule has 3 aliphatic rings. The van der Waals surface area contributed by atoms with Crippen molar-refractivity contribution in [3.05, 3.63) is 132 Å². The second-order valence-corrected chi connectivity index (χ2v) is 15.7. The summed E-state index contributed by atoms with van der Waals surface area (Å²) in [5.41, 5.74) is 1.81. The largest absolute Gasteiger partial charge is 0.482 e. The average molecular weight is 798 g/mol. The number of ether oxygens (including phenoxy) is 7. The summed E-state index contributed by atoms with van der Waals surface area (Å²) in [5.74, 6) is -1.63. The number of aliphatic hydroxyl groups excluding tert-OH is 1. The maximum absolute atomic E-state index is 14.5. The van der Waals surface area contributed by atoms with Gasteiger partial charge in [-0.05, 0) is 67.5 Å². The molecule has 0 spiro atoms. The molecule has 58 heavy (non-hydrogen) atoms. The molecular formula is C46H55NO11. The van der Waals surface area contributed by atoms with Crippen molar-refractivity contribution >= 4 is 17.8 Å². The number of rotatable bonds is 17. The minimum absolute atomic E-state index is 0.100. The molecule has 2 amide bonds. The monoisotopic (exact) mass is 797 g/mol. The average Bonchev–Trinajstić information content (AvgIpc) is 3.49. The van der Waals surface area contributed by atoms with Crippen molar-refractivity contribution in [1.82, 2.24) is 4.90 Å². The highest BCUT2D eigenvalue weighted by Crippen LogP contribution is 2.37. The van der Waals surface area contributed by atoms with E-state index in [-0.39, 0.29) is 44.5 Å². The van der Waals surface area contributed by atoms with Gasteiger partial charge in [0.25, 0.3) is 0 Å². The quantitative estimate of drug-likeness (QED) is 0.153. The lowest BCUT2D eigenvalue weighted by atomic mass is 9.85. The summed E-state index contributed by atoms with van der Waals surface area (Å²) in [7, 11) is 1.51. The van der Waals surface area contributed by atoms with Gasteiger partial charge in [-0.3, -0.25) is 9.59 Å². The highest BCUT2D eigenvalue weighted by atomic mass is 16.7. The number of hydrogen-bond acceptors (Lipinski definition) is 11. The highest BCUT2D eigenvalue weighted by molar-refractivity contribution is 6.02. The molecule has 0 unspecified atom stereocenters. The Bertz CT molecular complexity index is 1870. The highest BCUT2D eigenvalue weighted by Gasteiger charge is 2.54. The molecule has 310 valence electrons. The molecule has 6 rings (SSSR count). The van der Waals surface area contributed by atoms with Crippen LogP contribution in [0.4, 0.5) is 4.79 Å². The van der Waals surface area contributed by atoms with Gasteiger partial charge in [0.1, 0.15) is 35.8 Å². The number of hydrogen-bond donors (Lipinski definition) is 1. The molecule has 0 radical (unpaired) electrons. The zero-order valence-electron chi connectivity index (χ0n) is 33.8. The summed E-state index contributed by atoms with van der Waals surface area (Å²) in [6.45, 7) is 7.82. The van der Waals surface area contributed by atoms with Gasteiger partial charge in [0.2, 0.25) is 5.91 Å². The van der Waals surface area contributed by atoms with Crippen molar-refractivity contribution < 1.29 is 52.6 Å². The second kappa shape index (κ2) is 19.8. The number of imide groups is 1. The fourth-order valence-corrected chi connectivity index (χ4v) is 8.08. The van der Waals surface area contributed by atoms with Crippen molar-refractivity contribution in [3.63, 3.8) is 0 Å². The van der Waals surface area contributed by atoms with Gasteiger partial charge in [0.15, 0.2) is 18.2 Å². The van der Waals surface area contributed by atoms with Crippen molar-refractivity contribution in [1.29, 1.82) is 0 Å². The van der Waals surface area contributed by atoms with Crippen LogP contribution in [0.25, 0.3) is 0 Å². The van der Waals surface area contributed by atoms with E-state index >= 15 is 0 Å². The number of cyclic esters (lactones) is 1. The fourth-order valence-electron chi connectivity index (χ4n) is 8.08. The maximum Gasteiger partial charge on any atom is 0.417 e. The Labute approximate surface area is 340 Å². The summed E-state index contributed by atoms with van der Waals surface area (Å²) in [5, 5.41) is 10.4. The van der Waals surface area contributed by atoms with Crippen LogP contribution in [0, 0.1) is 11.8 Å². The molecule has 2 saturated heterocycles. The molecule has 0 aromatic heterocycles. The SMILES string of the molecule is CO[C@H]1O[C@H](CO)[C@@H](OCc2ccccc2)[C@H](OCc2ccccc2)[C@@H]1OCCC=C1C=CC(=O)[C@@H]([C@@H](Cc2ccccc2)C(=O)N2C(=O)OC(C)(C)[C@H]2C(C)C)O1. The lowest BCUT2D eigenvalue weighted by molar-refractivity contribution is -0.319. The zero-order valence-corrected chi connectivity index (χ0v) is 33.8. The van der Waals surface area contributed by atoms with Crippen LogP contribution in [0.1, 0.15) is 50.8 Å². The van der Waals surface area contributed by atoms with Gasteiger partial charge in [-0.15, -0.1) is 0 Å². The van der Waals surface area contributed by atoms with Crippen LogP contribution in [0.15, 0.2) is 115 Å². The molecule has 3 aromatic rings. The van der Waals surface area contributed by atoms with E-state index < -0.39 is 66.4 Å². The summed E-state index contributed by atoms with van der Waals surface area (Å²) >= 11 is 0. The van der Waals surface area contributed by atoms with Gasteiger partial charge >= 0.3 is 6.09 Å². The van der Waals surface area contributed by atoms with E-state index in [1.165, 1.54) is 18.1 Å². The number of carbonyl (C=O) groups excluding carboxylic acids is 3. The van der Waals surface area contributed by atoms with Gasteiger partial charge in [0.05, 0.1) is 38.4 Å². The van der Waals surface area contributed by atoms with Crippen molar-refractivity contribution in [2.45, 2.75) is 102 Å². The Morgan fingerprint density at radius 2 is 1.41 bits per heavy atom. The molecule has 0 aliphatic carbocycles. The maximum atomic E-state index is 14.5. The van der Waals surface area contributed by atoms with Crippen LogP contribution < -0.4 is 0 Å². The Morgan fingerprint density at radius 3 is 1.98 bits per heavy atom. The third-order valence-corrected chi connectivity index (χ3v) is 10.7. The molecule has 0 saturated carbocycles. The topological polar surface area (TPSA) is 139 Å². The van der Waals surface area contributed by atoms with E-state index in [1.54, 1.807) is 26.0 Å². The molecule has 0 bridgehead atoms. The summed E-state index contributed by atoms with van der Waals surface area (Å²) in [6, 6.07) is 28.3. The van der Waals surface area contributed by atoms with Crippen LogP contribution in [-0.2, 0) is 62.4 Å².